The highest BCUT2D eigenvalue weighted by molar-refractivity contribution is 9.10. The summed E-state index contributed by atoms with van der Waals surface area (Å²) in [5.74, 6) is 0. The Morgan fingerprint density at radius 1 is 1.65 bits per heavy atom. The average molecular weight is 305 g/mol. The Morgan fingerprint density at radius 2 is 2.29 bits per heavy atom. The van der Waals surface area contributed by atoms with E-state index in [4.69, 9.17) is 5.73 Å². The predicted octanol–water partition coefficient (Wildman–Crippen LogP) is 1.49. The summed E-state index contributed by atoms with van der Waals surface area (Å²) in [6.45, 7) is 1.53. The van der Waals surface area contributed by atoms with Gasteiger partial charge in [-0.25, -0.2) is 4.39 Å². The van der Waals surface area contributed by atoms with E-state index < -0.39 is 5.67 Å². The van der Waals surface area contributed by atoms with Crippen molar-refractivity contribution < 1.29 is 4.39 Å². The fraction of sp³-hybridized carbons (Fsp3) is 0.727. The van der Waals surface area contributed by atoms with Crippen LogP contribution < -0.4 is 5.73 Å². The van der Waals surface area contributed by atoms with Gasteiger partial charge in [0, 0.05) is 25.4 Å². The minimum atomic E-state index is -1.30. The van der Waals surface area contributed by atoms with Gasteiger partial charge in [0.25, 0.3) is 0 Å². The molecule has 1 aromatic rings. The number of alkyl halides is 1. The molecule has 2 N–H and O–H groups in total. The average Bonchev–Trinajstić information content (AvgIpc) is 2.55. The standard InChI is InChI=1S/C11H18BrFN4/c1-16(2)3-4-17-10(9(12)7-15-17)11(13)5-8(14)6-11/h7-8H,3-6,14H2,1-2H3. The molecule has 6 heteroatoms. The molecule has 0 radical (unpaired) electrons. The molecule has 1 aliphatic carbocycles. The monoisotopic (exact) mass is 304 g/mol. The summed E-state index contributed by atoms with van der Waals surface area (Å²) < 4.78 is 17.1. The number of rotatable bonds is 4. The molecule has 1 fully saturated rings. The molecule has 96 valence electrons. The molecule has 0 saturated heterocycles. The SMILES string of the molecule is CN(C)CCn1ncc(Br)c1C1(F)CC(N)C1. The van der Waals surface area contributed by atoms with Crippen LogP contribution in [-0.2, 0) is 12.2 Å². The molecule has 0 aromatic carbocycles. The molecule has 1 aromatic heterocycles. The lowest BCUT2D eigenvalue weighted by molar-refractivity contribution is 0.0299. The van der Waals surface area contributed by atoms with Gasteiger partial charge in [-0.05, 0) is 30.0 Å². The maximum Gasteiger partial charge on any atom is 0.156 e. The summed E-state index contributed by atoms with van der Waals surface area (Å²) in [5.41, 5.74) is 5.02. The molecule has 4 nitrogen and oxygen atoms in total. The van der Waals surface area contributed by atoms with Gasteiger partial charge in [-0.3, -0.25) is 4.68 Å². The Hall–Kier alpha value is -0.460. The molecule has 0 amide bonds. The highest BCUT2D eigenvalue weighted by Crippen LogP contribution is 2.46. The normalized spacial score (nSPS) is 28.5. The van der Waals surface area contributed by atoms with E-state index in [0.29, 0.717) is 25.1 Å². The van der Waals surface area contributed by atoms with Gasteiger partial charge in [-0.15, -0.1) is 0 Å². The number of halogens is 2. The van der Waals surface area contributed by atoms with Gasteiger partial charge in [-0.2, -0.15) is 5.10 Å². The smallest absolute Gasteiger partial charge is 0.156 e. The van der Waals surface area contributed by atoms with Crippen molar-refractivity contribution >= 4 is 15.9 Å². The molecule has 0 atom stereocenters. The zero-order valence-corrected chi connectivity index (χ0v) is 11.7. The van der Waals surface area contributed by atoms with E-state index in [0.717, 1.165) is 11.0 Å². The summed E-state index contributed by atoms with van der Waals surface area (Å²) in [5, 5.41) is 4.22. The van der Waals surface area contributed by atoms with Gasteiger partial charge >= 0.3 is 0 Å². The molecular weight excluding hydrogens is 287 g/mol. The van der Waals surface area contributed by atoms with E-state index in [2.05, 4.69) is 25.9 Å². The van der Waals surface area contributed by atoms with E-state index in [-0.39, 0.29) is 6.04 Å². The molecule has 0 unspecified atom stereocenters. The molecule has 17 heavy (non-hydrogen) atoms. The third-order valence-corrected chi connectivity index (χ3v) is 3.73. The molecule has 1 heterocycles. The van der Waals surface area contributed by atoms with Crippen molar-refractivity contribution in [3.8, 4) is 0 Å². The van der Waals surface area contributed by atoms with Crippen LogP contribution in [0.4, 0.5) is 4.39 Å². The minimum absolute atomic E-state index is 0.0240. The zero-order chi connectivity index (χ0) is 12.6. The van der Waals surface area contributed by atoms with Crippen molar-refractivity contribution in [1.82, 2.24) is 14.7 Å². The fourth-order valence-electron chi connectivity index (χ4n) is 2.24. The minimum Gasteiger partial charge on any atom is -0.327 e. The van der Waals surface area contributed by atoms with Crippen LogP contribution >= 0.6 is 15.9 Å². The highest BCUT2D eigenvalue weighted by Gasteiger charge is 2.48. The fourth-order valence-corrected chi connectivity index (χ4v) is 2.89. The number of hydrogen-bond acceptors (Lipinski definition) is 3. The summed E-state index contributed by atoms with van der Waals surface area (Å²) in [7, 11) is 3.98. The van der Waals surface area contributed by atoms with Crippen LogP contribution in [0.25, 0.3) is 0 Å². The second-order valence-corrected chi connectivity index (χ2v) is 5.86. The van der Waals surface area contributed by atoms with Gasteiger partial charge in [0.2, 0.25) is 0 Å². The van der Waals surface area contributed by atoms with E-state index in [9.17, 15) is 4.39 Å². The van der Waals surface area contributed by atoms with Crippen LogP contribution in [0.1, 0.15) is 18.5 Å². The molecular formula is C11H18BrFN4. The molecule has 0 spiro atoms. The van der Waals surface area contributed by atoms with E-state index >= 15 is 0 Å². The van der Waals surface area contributed by atoms with Crippen molar-refractivity contribution in [2.75, 3.05) is 20.6 Å². The first-order valence-corrected chi connectivity index (χ1v) is 6.53. The lowest BCUT2D eigenvalue weighted by atomic mass is 9.75. The summed E-state index contributed by atoms with van der Waals surface area (Å²) in [4.78, 5) is 2.05. The van der Waals surface area contributed by atoms with Crippen molar-refractivity contribution in [2.24, 2.45) is 5.73 Å². The zero-order valence-electron chi connectivity index (χ0n) is 10.2. The van der Waals surface area contributed by atoms with Crippen LogP contribution in [0, 0.1) is 0 Å². The maximum atomic E-state index is 14.6. The number of aromatic nitrogens is 2. The summed E-state index contributed by atoms with van der Waals surface area (Å²) >= 11 is 3.38. The predicted molar refractivity (Wildman–Crippen MR) is 68.5 cm³/mol. The largest absolute Gasteiger partial charge is 0.327 e. The molecule has 1 aliphatic rings. The van der Waals surface area contributed by atoms with Gasteiger partial charge in [0.15, 0.2) is 5.67 Å². The third kappa shape index (κ3) is 2.53. The quantitative estimate of drug-likeness (QED) is 0.917. The second kappa shape index (κ2) is 4.66. The van der Waals surface area contributed by atoms with Crippen molar-refractivity contribution in [1.29, 1.82) is 0 Å². The van der Waals surface area contributed by atoms with Crippen LogP contribution in [0.2, 0.25) is 0 Å². The number of nitrogens with zero attached hydrogens (tertiary/aromatic N) is 3. The van der Waals surface area contributed by atoms with Gasteiger partial charge < -0.3 is 10.6 Å². The lowest BCUT2D eigenvalue weighted by Gasteiger charge is -2.39. The summed E-state index contributed by atoms with van der Waals surface area (Å²) in [6, 6.07) is -0.0240. The van der Waals surface area contributed by atoms with Gasteiger partial charge in [0.1, 0.15) is 0 Å². The Labute approximate surface area is 109 Å². The maximum absolute atomic E-state index is 14.6. The second-order valence-electron chi connectivity index (χ2n) is 5.00. The topological polar surface area (TPSA) is 47.1 Å². The van der Waals surface area contributed by atoms with E-state index in [1.54, 1.807) is 10.9 Å². The Kier molecular flexibility index (Phi) is 3.56. The van der Waals surface area contributed by atoms with Gasteiger partial charge in [-0.1, -0.05) is 0 Å². The Balaban J connectivity index is 2.18. The first-order chi connectivity index (χ1) is 7.92. The molecule has 0 aliphatic heterocycles. The number of hydrogen-bond donors (Lipinski definition) is 1. The Bertz CT molecular complexity index is 398. The third-order valence-electron chi connectivity index (χ3n) is 3.15. The van der Waals surface area contributed by atoms with Crippen LogP contribution in [-0.4, -0.2) is 41.4 Å². The lowest BCUT2D eigenvalue weighted by Crippen LogP contribution is -2.47. The molecule has 0 bridgehead atoms. The van der Waals surface area contributed by atoms with Crippen LogP contribution in [0.15, 0.2) is 10.7 Å². The van der Waals surface area contributed by atoms with Crippen LogP contribution in [0.3, 0.4) is 0 Å². The molecule has 2 rings (SSSR count). The van der Waals surface area contributed by atoms with Crippen molar-refractivity contribution in [3.63, 3.8) is 0 Å². The van der Waals surface area contributed by atoms with E-state index in [1.165, 1.54) is 0 Å². The first kappa shape index (κ1) is 13.0. The Morgan fingerprint density at radius 3 is 2.82 bits per heavy atom. The highest BCUT2D eigenvalue weighted by atomic mass is 79.9. The molecule has 1 saturated carbocycles. The van der Waals surface area contributed by atoms with E-state index in [1.807, 2.05) is 14.1 Å². The number of nitrogens with two attached hydrogens (primary N) is 1. The number of likely N-dealkylation sites (N-methyl/N-ethyl adjacent to an activating group) is 1. The van der Waals surface area contributed by atoms with Crippen molar-refractivity contribution in [3.05, 3.63) is 16.4 Å². The summed E-state index contributed by atoms with van der Waals surface area (Å²) in [6.07, 6.45) is 2.44. The van der Waals surface area contributed by atoms with Gasteiger partial charge in [0.05, 0.1) is 22.9 Å². The van der Waals surface area contributed by atoms with Crippen molar-refractivity contribution in [2.45, 2.75) is 31.1 Å². The first-order valence-electron chi connectivity index (χ1n) is 5.73. The van der Waals surface area contributed by atoms with Crippen LogP contribution in [0.5, 0.6) is 0 Å².